The van der Waals surface area contributed by atoms with Gasteiger partial charge in [0.1, 0.15) is 11.3 Å². The topological polar surface area (TPSA) is 67.3 Å². The summed E-state index contributed by atoms with van der Waals surface area (Å²) in [5.41, 5.74) is -4.86. The van der Waals surface area contributed by atoms with Crippen LogP contribution >= 0.6 is 0 Å². The molecular weight excluding hydrogens is 464 g/mol. The smallest absolute Gasteiger partial charge is 0.419 e. The Kier molecular flexibility index (Phi) is 4.81. The van der Waals surface area contributed by atoms with E-state index in [1.54, 1.807) is 0 Å². The molecular formula is C23H19F6N3O2. The van der Waals surface area contributed by atoms with Crippen molar-refractivity contribution in [1.29, 1.82) is 0 Å². The van der Waals surface area contributed by atoms with Crippen LogP contribution in [0.2, 0.25) is 0 Å². The summed E-state index contributed by atoms with van der Waals surface area (Å²) >= 11 is 0. The van der Waals surface area contributed by atoms with Gasteiger partial charge in [-0.1, -0.05) is 6.07 Å². The van der Waals surface area contributed by atoms with Gasteiger partial charge in [0, 0.05) is 34.3 Å². The Bertz CT molecular complexity index is 1320. The number of fused-ring (bicyclic) bond motifs is 3. The van der Waals surface area contributed by atoms with Crippen molar-refractivity contribution in [2.24, 2.45) is 0 Å². The zero-order chi connectivity index (χ0) is 24.6. The second kappa shape index (κ2) is 7.21. The van der Waals surface area contributed by atoms with Crippen LogP contribution in [0.3, 0.4) is 0 Å². The molecule has 5 nitrogen and oxygen atoms in total. The average molecular weight is 483 g/mol. The largest absolute Gasteiger partial charge is 0.493 e. The number of nitrogens with zero attached hydrogens (tertiary/aromatic N) is 2. The molecule has 11 heteroatoms. The molecule has 0 radical (unpaired) electrons. The number of rotatable bonds is 3. The van der Waals surface area contributed by atoms with Gasteiger partial charge in [0.2, 0.25) is 0 Å². The number of aliphatic hydroxyl groups is 1. The number of alkyl halides is 3. The Morgan fingerprint density at radius 1 is 1.15 bits per heavy atom. The van der Waals surface area contributed by atoms with E-state index in [9.17, 15) is 31.4 Å². The number of ether oxygens (including phenoxy) is 1. The van der Waals surface area contributed by atoms with Gasteiger partial charge in [-0.3, -0.25) is 0 Å². The van der Waals surface area contributed by atoms with Crippen LogP contribution in [0.15, 0.2) is 24.4 Å². The third-order valence-corrected chi connectivity index (χ3v) is 6.81. The lowest BCUT2D eigenvalue weighted by Gasteiger charge is -2.46. The Morgan fingerprint density at radius 3 is 2.47 bits per heavy atom. The van der Waals surface area contributed by atoms with Crippen LogP contribution in [0.4, 0.5) is 32.0 Å². The highest BCUT2D eigenvalue weighted by Crippen LogP contribution is 2.65. The molecule has 2 atom stereocenters. The zero-order valence-corrected chi connectivity index (χ0v) is 18.0. The molecule has 180 valence electrons. The fourth-order valence-electron chi connectivity index (χ4n) is 5.05. The van der Waals surface area contributed by atoms with Crippen LogP contribution < -0.4 is 10.1 Å². The SMILES string of the molecule is COc1c(F)ccc2c1C1(CC1)CC(O)(C(F)(F)F)C2Nc1cc(F)c(F)c2nc(C)ncc12. The minimum atomic E-state index is -5.10. The fourth-order valence-corrected chi connectivity index (χ4v) is 5.05. The van der Waals surface area contributed by atoms with Gasteiger partial charge in [-0.25, -0.2) is 23.1 Å². The summed E-state index contributed by atoms with van der Waals surface area (Å²) in [7, 11) is 1.21. The van der Waals surface area contributed by atoms with Gasteiger partial charge in [0.25, 0.3) is 0 Å². The number of hydrogen-bond acceptors (Lipinski definition) is 5. The Morgan fingerprint density at radius 2 is 1.85 bits per heavy atom. The molecule has 2 aromatic carbocycles. The highest BCUT2D eigenvalue weighted by molar-refractivity contribution is 5.91. The number of halogens is 6. The van der Waals surface area contributed by atoms with Crippen molar-refractivity contribution in [2.45, 2.75) is 49.4 Å². The second-order valence-corrected chi connectivity index (χ2v) is 8.90. The quantitative estimate of drug-likeness (QED) is 0.499. The summed E-state index contributed by atoms with van der Waals surface area (Å²) in [6.45, 7) is 1.45. The number of hydrogen-bond donors (Lipinski definition) is 2. The number of nitrogens with one attached hydrogen (secondary N) is 1. The predicted octanol–water partition coefficient (Wildman–Crippen LogP) is 5.25. The first-order chi connectivity index (χ1) is 15.9. The minimum Gasteiger partial charge on any atom is -0.493 e. The lowest BCUT2D eigenvalue weighted by molar-refractivity contribution is -0.274. The normalized spacial score (nSPS) is 23.1. The molecule has 1 spiro atoms. The Balaban J connectivity index is 1.76. The summed E-state index contributed by atoms with van der Waals surface area (Å²) in [5.74, 6) is -3.42. The Hall–Kier alpha value is -3.08. The Labute approximate surface area is 189 Å². The third kappa shape index (κ3) is 3.13. The standard InChI is InChI=1S/C23H19F6N3O2/c1-10-30-8-12-15(7-14(25)17(26)18(12)31-10)32-20-11-3-4-13(24)19(34-2)16(11)21(5-6-21)9-22(20,33)23(27,28)29/h3-4,7-8,20,32-33H,5-6,9H2,1-2H3. The van der Waals surface area contributed by atoms with Crippen LogP contribution in [0.5, 0.6) is 5.75 Å². The van der Waals surface area contributed by atoms with Gasteiger partial charge in [-0.2, -0.15) is 13.2 Å². The third-order valence-electron chi connectivity index (χ3n) is 6.81. The van der Waals surface area contributed by atoms with Crippen LogP contribution in [-0.2, 0) is 5.41 Å². The summed E-state index contributed by atoms with van der Waals surface area (Å²) in [4.78, 5) is 7.81. The lowest BCUT2D eigenvalue weighted by Crippen LogP contribution is -2.57. The molecule has 2 unspecified atom stereocenters. The average Bonchev–Trinajstić information content (AvgIpc) is 3.53. The van der Waals surface area contributed by atoms with E-state index in [-0.39, 0.29) is 33.8 Å². The van der Waals surface area contributed by atoms with Crippen LogP contribution in [0, 0.1) is 24.4 Å². The first-order valence-corrected chi connectivity index (χ1v) is 10.5. The van der Waals surface area contributed by atoms with Crippen LogP contribution in [0.25, 0.3) is 10.9 Å². The van der Waals surface area contributed by atoms with E-state index in [1.165, 1.54) is 14.0 Å². The molecule has 0 aliphatic heterocycles. The van der Waals surface area contributed by atoms with Crippen LogP contribution in [-0.4, -0.2) is 34.0 Å². The molecule has 0 saturated heterocycles. The number of aromatic nitrogens is 2. The van der Waals surface area contributed by atoms with Crippen LogP contribution in [0.1, 0.15) is 42.3 Å². The van der Waals surface area contributed by atoms with Gasteiger partial charge in [0.15, 0.2) is 28.8 Å². The van der Waals surface area contributed by atoms with Crippen molar-refractivity contribution in [2.75, 3.05) is 12.4 Å². The molecule has 5 rings (SSSR count). The van der Waals surface area contributed by atoms with Crippen molar-refractivity contribution < 1.29 is 36.2 Å². The lowest BCUT2D eigenvalue weighted by atomic mass is 9.68. The molecule has 0 bridgehead atoms. The fraction of sp³-hybridized carbons (Fsp3) is 0.391. The molecule has 34 heavy (non-hydrogen) atoms. The van der Waals surface area contributed by atoms with Crippen molar-refractivity contribution in [3.05, 3.63) is 58.8 Å². The summed E-state index contributed by atoms with van der Waals surface area (Å²) in [6.07, 6.45) is -4.06. The zero-order valence-electron chi connectivity index (χ0n) is 18.0. The molecule has 2 N–H and O–H groups in total. The number of aryl methyl sites for hydroxylation is 1. The van der Waals surface area contributed by atoms with Gasteiger partial charge in [-0.05, 0) is 37.8 Å². The molecule has 1 aromatic heterocycles. The van der Waals surface area contributed by atoms with E-state index in [0.29, 0.717) is 18.9 Å². The predicted molar refractivity (Wildman–Crippen MR) is 110 cm³/mol. The second-order valence-electron chi connectivity index (χ2n) is 8.90. The minimum absolute atomic E-state index is 0.0345. The van der Waals surface area contributed by atoms with E-state index >= 15 is 0 Å². The molecule has 2 aliphatic rings. The first kappa shape index (κ1) is 22.7. The van der Waals surface area contributed by atoms with E-state index in [2.05, 4.69) is 15.3 Å². The highest BCUT2D eigenvalue weighted by atomic mass is 19.4. The van der Waals surface area contributed by atoms with E-state index < -0.39 is 52.6 Å². The number of benzene rings is 2. The molecule has 2 aliphatic carbocycles. The summed E-state index contributed by atoms with van der Waals surface area (Å²) in [6, 6.07) is 0.927. The van der Waals surface area contributed by atoms with Crippen molar-refractivity contribution in [3.63, 3.8) is 0 Å². The first-order valence-electron chi connectivity index (χ1n) is 10.5. The number of anilines is 1. The van der Waals surface area contributed by atoms with Gasteiger partial charge >= 0.3 is 6.18 Å². The molecule has 1 heterocycles. The maximum Gasteiger partial charge on any atom is 0.419 e. The summed E-state index contributed by atoms with van der Waals surface area (Å²) < 4.78 is 91.6. The summed E-state index contributed by atoms with van der Waals surface area (Å²) in [5, 5.41) is 13.6. The highest BCUT2D eigenvalue weighted by Gasteiger charge is 2.68. The maximum atomic E-state index is 14.5. The molecule has 1 saturated carbocycles. The maximum absolute atomic E-state index is 14.5. The van der Waals surface area contributed by atoms with Crippen molar-refractivity contribution in [1.82, 2.24) is 9.97 Å². The van der Waals surface area contributed by atoms with Gasteiger partial charge in [-0.15, -0.1) is 0 Å². The van der Waals surface area contributed by atoms with E-state index in [1.807, 2.05) is 0 Å². The molecule has 1 fully saturated rings. The molecule has 3 aromatic rings. The molecule has 0 amide bonds. The van der Waals surface area contributed by atoms with Crippen molar-refractivity contribution in [3.8, 4) is 5.75 Å². The van der Waals surface area contributed by atoms with E-state index in [0.717, 1.165) is 18.3 Å². The monoisotopic (exact) mass is 483 g/mol. The van der Waals surface area contributed by atoms with Gasteiger partial charge in [0.05, 0.1) is 13.2 Å². The van der Waals surface area contributed by atoms with Gasteiger partial charge < -0.3 is 15.2 Å². The number of methoxy groups -OCH3 is 1. The van der Waals surface area contributed by atoms with Crippen molar-refractivity contribution >= 4 is 16.6 Å². The van der Waals surface area contributed by atoms with E-state index in [4.69, 9.17) is 4.74 Å².